The molecule has 2 aliphatic carbocycles. The third-order valence-electron chi connectivity index (χ3n) is 6.25. The number of piperidine rings is 1. The first kappa shape index (κ1) is 18.2. The first-order chi connectivity index (χ1) is 11.4. The summed E-state index contributed by atoms with van der Waals surface area (Å²) in [7, 11) is -3.12. The van der Waals surface area contributed by atoms with Crippen LogP contribution in [0.3, 0.4) is 0 Å². The number of carbonyl (C=O) groups excluding carboxylic acids is 1. The molecule has 138 valence electrons. The Bertz CT molecular complexity index is 543. The molecule has 0 unspecified atom stereocenters. The van der Waals surface area contributed by atoms with Gasteiger partial charge in [-0.25, -0.2) is 12.7 Å². The Balaban J connectivity index is 1.60. The summed E-state index contributed by atoms with van der Waals surface area (Å²) in [6, 6.07) is 0.898. The summed E-state index contributed by atoms with van der Waals surface area (Å²) in [6.45, 7) is 3.26. The van der Waals surface area contributed by atoms with Crippen molar-refractivity contribution in [3.05, 3.63) is 0 Å². The molecule has 0 N–H and O–H groups in total. The third-order valence-corrected chi connectivity index (χ3v) is 7.56. The van der Waals surface area contributed by atoms with Crippen LogP contribution >= 0.6 is 0 Å². The first-order valence-corrected chi connectivity index (χ1v) is 11.5. The zero-order chi connectivity index (χ0) is 17.3. The minimum Gasteiger partial charge on any atom is -0.336 e. The molecule has 2 saturated carbocycles. The fourth-order valence-electron chi connectivity index (χ4n) is 4.49. The summed E-state index contributed by atoms with van der Waals surface area (Å²) in [5.74, 6) is 1.17. The number of amides is 1. The van der Waals surface area contributed by atoms with Gasteiger partial charge in [-0.1, -0.05) is 13.3 Å². The molecular weight excluding hydrogens is 324 g/mol. The smallest absolute Gasteiger partial charge is 0.226 e. The van der Waals surface area contributed by atoms with Gasteiger partial charge >= 0.3 is 0 Å². The lowest BCUT2D eigenvalue weighted by molar-refractivity contribution is -0.140. The van der Waals surface area contributed by atoms with Crippen LogP contribution in [-0.2, 0) is 14.8 Å². The van der Waals surface area contributed by atoms with E-state index in [4.69, 9.17) is 0 Å². The molecule has 1 heterocycles. The molecule has 0 aromatic heterocycles. The van der Waals surface area contributed by atoms with Gasteiger partial charge in [-0.15, -0.1) is 0 Å². The van der Waals surface area contributed by atoms with Crippen LogP contribution < -0.4 is 0 Å². The Morgan fingerprint density at radius 2 is 1.46 bits per heavy atom. The van der Waals surface area contributed by atoms with E-state index in [-0.39, 0.29) is 5.92 Å². The normalized spacial score (nSPS) is 30.2. The van der Waals surface area contributed by atoms with Gasteiger partial charge in [0, 0.05) is 31.1 Å². The average molecular weight is 357 g/mol. The number of hydrogen-bond acceptors (Lipinski definition) is 3. The van der Waals surface area contributed by atoms with E-state index in [1.165, 1.54) is 29.8 Å². The van der Waals surface area contributed by atoms with Gasteiger partial charge in [-0.2, -0.15) is 0 Å². The third kappa shape index (κ3) is 4.13. The standard InChI is InChI=1S/C18H32N2O3S/c1-3-14-4-6-16(7-5-14)20(17-8-9-17)18(21)15-10-12-19(13-11-15)24(2,22)23/h14-17H,3-13H2,1-2H3. The second-order valence-electron chi connectivity index (χ2n) is 8.00. The minimum absolute atomic E-state index is 0.0208. The fraction of sp³-hybridized carbons (Fsp3) is 0.944. The Morgan fingerprint density at radius 1 is 0.958 bits per heavy atom. The molecule has 3 rings (SSSR count). The van der Waals surface area contributed by atoms with E-state index in [9.17, 15) is 13.2 Å². The maximum absolute atomic E-state index is 13.1. The van der Waals surface area contributed by atoms with E-state index in [1.807, 2.05) is 0 Å². The Morgan fingerprint density at radius 3 is 1.88 bits per heavy atom. The predicted molar refractivity (Wildman–Crippen MR) is 95.0 cm³/mol. The van der Waals surface area contributed by atoms with Gasteiger partial charge < -0.3 is 4.90 Å². The van der Waals surface area contributed by atoms with Crippen molar-refractivity contribution in [3.8, 4) is 0 Å². The number of nitrogens with zero attached hydrogens (tertiary/aromatic N) is 2. The van der Waals surface area contributed by atoms with Crippen LogP contribution in [0.15, 0.2) is 0 Å². The highest BCUT2D eigenvalue weighted by Gasteiger charge is 2.41. The van der Waals surface area contributed by atoms with Crippen molar-refractivity contribution in [3.63, 3.8) is 0 Å². The summed E-state index contributed by atoms with van der Waals surface area (Å²) in [5.41, 5.74) is 0. The Labute approximate surface area is 146 Å². The number of rotatable bonds is 5. The summed E-state index contributed by atoms with van der Waals surface area (Å²) >= 11 is 0. The lowest BCUT2D eigenvalue weighted by Crippen LogP contribution is -2.49. The van der Waals surface area contributed by atoms with E-state index < -0.39 is 10.0 Å². The molecule has 3 fully saturated rings. The Kier molecular flexibility index (Phi) is 5.55. The lowest BCUT2D eigenvalue weighted by Gasteiger charge is -2.40. The monoisotopic (exact) mass is 356 g/mol. The van der Waals surface area contributed by atoms with Crippen molar-refractivity contribution in [1.82, 2.24) is 9.21 Å². The van der Waals surface area contributed by atoms with Crippen LogP contribution in [0, 0.1) is 11.8 Å². The van der Waals surface area contributed by atoms with Crippen molar-refractivity contribution in [2.45, 2.75) is 76.8 Å². The SMILES string of the molecule is CCC1CCC(N(C(=O)C2CCN(S(C)(=O)=O)CC2)C2CC2)CC1. The van der Waals surface area contributed by atoms with E-state index in [0.29, 0.717) is 43.9 Å². The quantitative estimate of drug-likeness (QED) is 0.761. The van der Waals surface area contributed by atoms with Crippen LogP contribution in [0.2, 0.25) is 0 Å². The zero-order valence-corrected chi connectivity index (χ0v) is 15.9. The van der Waals surface area contributed by atoms with Crippen molar-refractivity contribution in [2.75, 3.05) is 19.3 Å². The van der Waals surface area contributed by atoms with Gasteiger partial charge in [0.05, 0.1) is 6.26 Å². The van der Waals surface area contributed by atoms with E-state index in [0.717, 1.165) is 31.6 Å². The van der Waals surface area contributed by atoms with Gasteiger partial charge in [0.1, 0.15) is 0 Å². The molecule has 3 aliphatic rings. The first-order valence-electron chi connectivity index (χ1n) is 9.67. The molecule has 0 radical (unpaired) electrons. The highest BCUT2D eigenvalue weighted by molar-refractivity contribution is 7.88. The maximum Gasteiger partial charge on any atom is 0.226 e. The van der Waals surface area contributed by atoms with Crippen LogP contribution in [0.25, 0.3) is 0 Å². The Hall–Kier alpha value is -0.620. The van der Waals surface area contributed by atoms with Gasteiger partial charge in [-0.3, -0.25) is 4.79 Å². The number of sulfonamides is 1. The summed E-state index contributed by atoms with van der Waals surface area (Å²) in [5, 5.41) is 0. The van der Waals surface area contributed by atoms with Crippen LogP contribution in [-0.4, -0.2) is 55.0 Å². The molecular formula is C18H32N2O3S. The van der Waals surface area contributed by atoms with E-state index in [2.05, 4.69) is 11.8 Å². The maximum atomic E-state index is 13.1. The zero-order valence-electron chi connectivity index (χ0n) is 15.1. The van der Waals surface area contributed by atoms with Crippen LogP contribution in [0.1, 0.15) is 64.7 Å². The van der Waals surface area contributed by atoms with Gasteiger partial charge in [0.25, 0.3) is 0 Å². The molecule has 0 bridgehead atoms. The van der Waals surface area contributed by atoms with Gasteiger partial charge in [-0.05, 0) is 57.3 Å². The minimum atomic E-state index is -3.12. The second-order valence-corrected chi connectivity index (χ2v) is 9.98. The van der Waals surface area contributed by atoms with E-state index >= 15 is 0 Å². The van der Waals surface area contributed by atoms with E-state index in [1.54, 1.807) is 0 Å². The second kappa shape index (κ2) is 7.32. The topological polar surface area (TPSA) is 57.7 Å². The summed E-state index contributed by atoms with van der Waals surface area (Å²) in [6.07, 6.45) is 11.0. The van der Waals surface area contributed by atoms with Crippen LogP contribution in [0.4, 0.5) is 0 Å². The molecule has 24 heavy (non-hydrogen) atoms. The molecule has 1 saturated heterocycles. The highest BCUT2D eigenvalue weighted by Crippen LogP contribution is 2.38. The largest absolute Gasteiger partial charge is 0.336 e. The molecule has 0 atom stereocenters. The number of hydrogen-bond donors (Lipinski definition) is 0. The molecule has 5 nitrogen and oxygen atoms in total. The predicted octanol–water partition coefficient (Wildman–Crippen LogP) is 2.62. The fourth-order valence-corrected chi connectivity index (χ4v) is 5.36. The average Bonchev–Trinajstić information content (AvgIpc) is 3.40. The lowest BCUT2D eigenvalue weighted by atomic mass is 9.83. The van der Waals surface area contributed by atoms with Crippen molar-refractivity contribution in [2.24, 2.45) is 11.8 Å². The molecule has 0 aromatic rings. The highest BCUT2D eigenvalue weighted by atomic mass is 32.2. The van der Waals surface area contributed by atoms with Crippen molar-refractivity contribution < 1.29 is 13.2 Å². The van der Waals surface area contributed by atoms with Crippen molar-refractivity contribution >= 4 is 15.9 Å². The molecule has 1 amide bonds. The van der Waals surface area contributed by atoms with Gasteiger partial charge in [0.15, 0.2) is 0 Å². The molecule has 6 heteroatoms. The molecule has 1 aliphatic heterocycles. The van der Waals surface area contributed by atoms with Gasteiger partial charge in [0.2, 0.25) is 15.9 Å². The summed E-state index contributed by atoms with van der Waals surface area (Å²) in [4.78, 5) is 15.4. The molecule has 0 aromatic carbocycles. The van der Waals surface area contributed by atoms with Crippen LogP contribution in [0.5, 0.6) is 0 Å². The number of carbonyl (C=O) groups is 1. The summed E-state index contributed by atoms with van der Waals surface area (Å²) < 4.78 is 24.8. The van der Waals surface area contributed by atoms with Crippen molar-refractivity contribution in [1.29, 1.82) is 0 Å². The molecule has 0 spiro atoms.